The van der Waals surface area contributed by atoms with Crippen molar-refractivity contribution in [1.29, 1.82) is 0 Å². The van der Waals surface area contributed by atoms with E-state index in [1.807, 2.05) is 0 Å². The molecule has 0 aromatic carbocycles. The number of aliphatic hydroxyl groups is 3. The minimum atomic E-state index is -5.17. The Bertz CT molecular complexity index is 153. The maximum Gasteiger partial charge on any atom is 2.00 e. The fourth-order valence-electron chi connectivity index (χ4n) is 0.0577. The molecule has 0 saturated carbocycles. The predicted octanol–water partition coefficient (Wildman–Crippen LogP) is -3.39. The third kappa shape index (κ3) is 42.6. The number of hydrogen-bond donors (Lipinski definition) is 3. The van der Waals surface area contributed by atoms with Crippen LogP contribution in [0.15, 0.2) is 0 Å². The monoisotopic (exact) mass is 326 g/mol. The zero-order chi connectivity index (χ0) is 9.49. The molecule has 0 rings (SSSR count). The molecular weight excluding hydrogens is 317 g/mol. The fourth-order valence-corrected chi connectivity index (χ4v) is 0.0577. The number of rotatable bonds is 2. The van der Waals surface area contributed by atoms with E-state index in [-0.39, 0.29) is 62.1 Å². The van der Waals surface area contributed by atoms with Crippen molar-refractivity contribution in [1.82, 2.24) is 0 Å². The molecule has 0 radical (unpaired) electrons. The van der Waals surface area contributed by atoms with Gasteiger partial charge in [-0.3, -0.25) is 8.42 Å². The largest absolute Gasteiger partial charge is 2.00 e. The van der Waals surface area contributed by atoms with Crippen LogP contribution in [-0.2, 0) is 10.4 Å². The summed E-state index contributed by atoms with van der Waals surface area (Å²) in [6.07, 6.45) is -0.954. The van der Waals surface area contributed by atoms with Crippen LogP contribution in [0.2, 0.25) is 0 Å². The maximum absolute atomic E-state index is 8.52. The summed E-state index contributed by atoms with van der Waals surface area (Å²) >= 11 is 0. The van der Waals surface area contributed by atoms with Crippen LogP contribution in [0.1, 0.15) is 0 Å². The maximum atomic E-state index is 8.52. The van der Waals surface area contributed by atoms with Crippen LogP contribution < -0.4 is 0 Å². The van der Waals surface area contributed by atoms with Crippen molar-refractivity contribution in [2.24, 2.45) is 0 Å². The molecule has 0 bridgehead atoms. The summed E-state index contributed by atoms with van der Waals surface area (Å²) in [6.45, 7) is -0.729. The average molecular weight is 325 g/mol. The Labute approximate surface area is 110 Å². The summed E-state index contributed by atoms with van der Waals surface area (Å²) in [4.78, 5) is 0. The second-order valence-corrected chi connectivity index (χ2v) is 2.24. The van der Waals surface area contributed by atoms with Gasteiger partial charge in [-0.15, -0.1) is 0 Å². The Morgan fingerprint density at radius 3 is 1.33 bits per heavy atom. The molecule has 0 heterocycles. The SMILES string of the molecule is O=S(=O)([O-])[O-].OCC(O)CO.[Ba+2]. The van der Waals surface area contributed by atoms with Crippen LogP contribution in [0, 0.1) is 0 Å². The third-order valence-electron chi connectivity index (χ3n) is 0.421. The standard InChI is InChI=1S/C3H8O3.Ba.H2O4S/c4-1-3(6)2-5;;1-5(2,3)4/h3-6H,1-2H2;;(H2,1,2,3,4)/q;+2;/p-2. The summed E-state index contributed by atoms with van der Waals surface area (Å²) < 4.78 is 34.1. The van der Waals surface area contributed by atoms with Gasteiger partial charge in [-0.25, -0.2) is 0 Å². The second kappa shape index (κ2) is 10.4. The van der Waals surface area contributed by atoms with Gasteiger partial charge in [0.2, 0.25) is 0 Å². The third-order valence-corrected chi connectivity index (χ3v) is 0.421. The molecular formula is C3H8BaO7S. The van der Waals surface area contributed by atoms with Gasteiger partial charge < -0.3 is 24.4 Å². The predicted molar refractivity (Wildman–Crippen MR) is 36.4 cm³/mol. The second-order valence-electron chi connectivity index (χ2n) is 1.43. The Morgan fingerprint density at radius 1 is 1.17 bits per heavy atom. The molecule has 70 valence electrons. The number of hydrogen-bond acceptors (Lipinski definition) is 7. The summed E-state index contributed by atoms with van der Waals surface area (Å²) in [5.74, 6) is 0. The van der Waals surface area contributed by atoms with E-state index in [1.54, 1.807) is 0 Å². The van der Waals surface area contributed by atoms with Crippen LogP contribution in [-0.4, -0.2) is 101 Å². The van der Waals surface area contributed by atoms with E-state index < -0.39 is 16.5 Å². The van der Waals surface area contributed by atoms with Gasteiger partial charge in [-0.05, 0) is 0 Å². The molecule has 0 saturated heterocycles. The summed E-state index contributed by atoms with van der Waals surface area (Å²) in [7, 11) is -5.17. The van der Waals surface area contributed by atoms with E-state index in [0.717, 1.165) is 0 Å². The van der Waals surface area contributed by atoms with Gasteiger partial charge in [-0.1, -0.05) is 0 Å². The minimum absolute atomic E-state index is 0. The summed E-state index contributed by atoms with van der Waals surface area (Å²) in [5.41, 5.74) is 0. The van der Waals surface area contributed by atoms with Gasteiger partial charge in [0.05, 0.1) is 13.2 Å². The van der Waals surface area contributed by atoms with Crippen LogP contribution >= 0.6 is 0 Å². The van der Waals surface area contributed by atoms with Gasteiger partial charge in [0, 0.05) is 10.4 Å². The molecule has 0 atom stereocenters. The molecule has 3 N–H and O–H groups in total. The minimum Gasteiger partial charge on any atom is -0.759 e. The molecule has 0 aromatic rings. The Balaban J connectivity index is -0.000000126. The normalized spacial score (nSPS) is 9.83. The zero-order valence-electron chi connectivity index (χ0n) is 6.08. The van der Waals surface area contributed by atoms with E-state index >= 15 is 0 Å². The van der Waals surface area contributed by atoms with Gasteiger partial charge in [0.15, 0.2) is 0 Å². The fraction of sp³-hybridized carbons (Fsp3) is 1.00. The molecule has 12 heavy (non-hydrogen) atoms. The molecule has 0 aliphatic carbocycles. The van der Waals surface area contributed by atoms with Crippen LogP contribution in [0.5, 0.6) is 0 Å². The molecule has 0 unspecified atom stereocenters. The van der Waals surface area contributed by atoms with E-state index in [1.165, 1.54) is 0 Å². The molecule has 0 aliphatic heterocycles. The first-order valence-electron chi connectivity index (χ1n) is 2.37. The van der Waals surface area contributed by atoms with Crippen molar-refractivity contribution in [2.45, 2.75) is 6.10 Å². The molecule has 0 aliphatic rings. The van der Waals surface area contributed by atoms with E-state index in [9.17, 15) is 0 Å². The van der Waals surface area contributed by atoms with E-state index in [2.05, 4.69) is 0 Å². The van der Waals surface area contributed by atoms with Crippen molar-refractivity contribution in [3.63, 3.8) is 0 Å². The molecule has 0 fully saturated rings. The van der Waals surface area contributed by atoms with Crippen molar-refractivity contribution in [2.75, 3.05) is 13.2 Å². The zero-order valence-corrected chi connectivity index (χ0v) is 11.3. The molecule has 9 heteroatoms. The van der Waals surface area contributed by atoms with Crippen molar-refractivity contribution < 1.29 is 32.8 Å². The topological polar surface area (TPSA) is 141 Å². The molecule has 0 spiro atoms. The van der Waals surface area contributed by atoms with Gasteiger partial charge in [0.1, 0.15) is 6.10 Å². The first kappa shape index (κ1) is 19.0. The Kier molecular flexibility index (Phi) is 16.5. The van der Waals surface area contributed by atoms with Crippen molar-refractivity contribution >= 4 is 59.3 Å². The molecule has 7 nitrogen and oxygen atoms in total. The summed E-state index contributed by atoms with van der Waals surface area (Å²) in [6, 6.07) is 0. The average Bonchev–Trinajstić information content (AvgIpc) is 1.83. The number of aliphatic hydroxyl groups excluding tert-OH is 3. The molecule has 0 amide bonds. The van der Waals surface area contributed by atoms with Gasteiger partial charge in [-0.2, -0.15) is 0 Å². The van der Waals surface area contributed by atoms with Crippen LogP contribution in [0.3, 0.4) is 0 Å². The first-order chi connectivity index (χ1) is 4.81. The quantitative estimate of drug-likeness (QED) is 0.273. The van der Waals surface area contributed by atoms with E-state index in [0.29, 0.717) is 0 Å². The summed E-state index contributed by atoms with van der Waals surface area (Å²) in [5, 5.41) is 24.0. The van der Waals surface area contributed by atoms with Gasteiger partial charge in [0.25, 0.3) is 0 Å². The van der Waals surface area contributed by atoms with Crippen molar-refractivity contribution in [3.8, 4) is 0 Å². The van der Waals surface area contributed by atoms with Crippen molar-refractivity contribution in [3.05, 3.63) is 0 Å². The first-order valence-corrected chi connectivity index (χ1v) is 3.71. The Hall–Kier alpha value is 1.32. The molecule has 0 aromatic heterocycles. The van der Waals surface area contributed by atoms with E-state index in [4.69, 9.17) is 32.8 Å². The van der Waals surface area contributed by atoms with Crippen LogP contribution in [0.4, 0.5) is 0 Å². The van der Waals surface area contributed by atoms with Crippen LogP contribution in [0.25, 0.3) is 0 Å². The van der Waals surface area contributed by atoms with Gasteiger partial charge >= 0.3 is 48.9 Å². The Morgan fingerprint density at radius 2 is 1.33 bits per heavy atom. The smallest absolute Gasteiger partial charge is 0.759 e.